The lowest BCUT2D eigenvalue weighted by Gasteiger charge is -2.04. The molecule has 0 radical (unpaired) electrons. The van der Waals surface area contributed by atoms with E-state index in [4.69, 9.17) is 10.4 Å². The summed E-state index contributed by atoms with van der Waals surface area (Å²) in [5.41, 5.74) is 0.155. The fraction of sp³-hybridized carbons (Fsp3) is 0.214. The predicted molar refractivity (Wildman–Crippen MR) is 83.2 cm³/mol. The van der Waals surface area contributed by atoms with Crippen LogP contribution in [0.15, 0.2) is 40.9 Å². The number of benzene rings is 1. The molecular weight excluding hydrogens is 320 g/mol. The zero-order valence-electron chi connectivity index (χ0n) is 12.4. The molecule has 122 valence electrons. The van der Waals surface area contributed by atoms with E-state index in [1.165, 1.54) is 24.3 Å². The van der Waals surface area contributed by atoms with Crippen LogP contribution < -0.4 is 15.8 Å². The Labute approximate surface area is 134 Å². The van der Waals surface area contributed by atoms with E-state index < -0.39 is 21.8 Å². The van der Waals surface area contributed by atoms with Gasteiger partial charge >= 0.3 is 0 Å². The van der Waals surface area contributed by atoms with Crippen LogP contribution in [0.5, 0.6) is 0 Å². The number of hydrogen-bond acceptors (Lipinski definition) is 6. The fourth-order valence-corrected chi connectivity index (χ4v) is 2.04. The van der Waals surface area contributed by atoms with Crippen molar-refractivity contribution in [3.8, 4) is 6.07 Å². The molecule has 0 aliphatic rings. The van der Waals surface area contributed by atoms with Gasteiger partial charge in [0.15, 0.2) is 0 Å². The van der Waals surface area contributed by atoms with Gasteiger partial charge in [0.1, 0.15) is 11.6 Å². The molecule has 4 N–H and O–H groups in total. The van der Waals surface area contributed by atoms with Crippen LogP contribution >= 0.6 is 0 Å². The molecule has 9 heteroatoms. The van der Waals surface area contributed by atoms with Gasteiger partial charge in [-0.2, -0.15) is 5.26 Å². The van der Waals surface area contributed by atoms with E-state index >= 15 is 0 Å². The van der Waals surface area contributed by atoms with Gasteiger partial charge in [-0.1, -0.05) is 6.92 Å². The molecule has 0 aliphatic carbocycles. The summed E-state index contributed by atoms with van der Waals surface area (Å²) in [6, 6.07) is 7.08. The summed E-state index contributed by atoms with van der Waals surface area (Å²) >= 11 is 0. The number of primary sulfonamides is 1. The number of nitriles is 1. The van der Waals surface area contributed by atoms with Gasteiger partial charge in [0, 0.05) is 18.3 Å². The van der Waals surface area contributed by atoms with Crippen molar-refractivity contribution in [3.05, 3.63) is 36.0 Å². The van der Waals surface area contributed by atoms with Gasteiger partial charge in [-0.15, -0.1) is 0 Å². The number of anilines is 1. The SMILES string of the molecule is CCCC(=O)NC(=O)/C(C#N)=C\Nc1ccc(S(N)(=O)=O)cc1. The first kappa shape index (κ1) is 18.3. The molecule has 0 heterocycles. The van der Waals surface area contributed by atoms with Crippen molar-refractivity contribution in [2.24, 2.45) is 5.14 Å². The molecule has 0 unspecified atom stereocenters. The van der Waals surface area contributed by atoms with Crippen LogP contribution in [0.25, 0.3) is 0 Å². The summed E-state index contributed by atoms with van der Waals surface area (Å²) in [5.74, 6) is -1.27. The molecule has 2 amide bonds. The zero-order valence-corrected chi connectivity index (χ0v) is 13.2. The maximum atomic E-state index is 11.7. The maximum absolute atomic E-state index is 11.7. The topological polar surface area (TPSA) is 142 Å². The lowest BCUT2D eigenvalue weighted by Crippen LogP contribution is -2.31. The third kappa shape index (κ3) is 5.90. The van der Waals surface area contributed by atoms with Gasteiger partial charge < -0.3 is 5.32 Å². The summed E-state index contributed by atoms with van der Waals surface area (Å²) in [7, 11) is -3.79. The molecule has 1 aromatic rings. The molecule has 1 rings (SSSR count). The van der Waals surface area contributed by atoms with Crippen molar-refractivity contribution >= 4 is 27.5 Å². The second kappa shape index (κ2) is 8.07. The molecule has 0 aliphatic heterocycles. The van der Waals surface area contributed by atoms with Crippen molar-refractivity contribution in [3.63, 3.8) is 0 Å². The van der Waals surface area contributed by atoms with Gasteiger partial charge in [0.05, 0.1) is 4.90 Å². The van der Waals surface area contributed by atoms with Crippen LogP contribution in [0.3, 0.4) is 0 Å². The fourth-order valence-electron chi connectivity index (χ4n) is 1.53. The van der Waals surface area contributed by atoms with Gasteiger partial charge in [0.2, 0.25) is 15.9 Å². The number of rotatable bonds is 6. The Hall–Kier alpha value is -2.70. The van der Waals surface area contributed by atoms with Gasteiger partial charge in [0.25, 0.3) is 5.91 Å². The van der Waals surface area contributed by atoms with E-state index in [2.05, 4.69) is 10.6 Å². The lowest BCUT2D eigenvalue weighted by molar-refractivity contribution is -0.128. The molecule has 0 fully saturated rings. The largest absolute Gasteiger partial charge is 0.360 e. The zero-order chi connectivity index (χ0) is 17.5. The summed E-state index contributed by atoms with van der Waals surface area (Å²) in [6.45, 7) is 1.79. The molecule has 23 heavy (non-hydrogen) atoms. The third-order valence-electron chi connectivity index (χ3n) is 2.66. The standard InChI is InChI=1S/C14H16N4O4S/c1-2-3-13(19)18-14(20)10(8-15)9-17-11-4-6-12(7-5-11)23(16,21)22/h4-7,9,17H,2-3H2,1H3,(H2,16,21,22)(H,18,19,20)/b10-9-. The van der Waals surface area contributed by atoms with Gasteiger partial charge in [-0.25, -0.2) is 13.6 Å². The minimum Gasteiger partial charge on any atom is -0.360 e. The van der Waals surface area contributed by atoms with Crippen molar-refractivity contribution in [2.75, 3.05) is 5.32 Å². The third-order valence-corrected chi connectivity index (χ3v) is 3.59. The second-order valence-corrected chi connectivity index (χ2v) is 6.07. The molecule has 1 aromatic carbocycles. The maximum Gasteiger partial charge on any atom is 0.269 e. The number of hydrogen-bond donors (Lipinski definition) is 3. The van der Waals surface area contributed by atoms with Gasteiger partial charge in [-0.05, 0) is 30.7 Å². The molecule has 0 aromatic heterocycles. The van der Waals surface area contributed by atoms with Crippen LogP contribution in [0.1, 0.15) is 19.8 Å². The van der Waals surface area contributed by atoms with Crippen LogP contribution in [0.2, 0.25) is 0 Å². The summed E-state index contributed by atoms with van der Waals surface area (Å²) < 4.78 is 22.2. The number of carbonyl (C=O) groups excluding carboxylic acids is 2. The molecule has 8 nitrogen and oxygen atoms in total. The Balaban J connectivity index is 2.79. The monoisotopic (exact) mass is 336 g/mol. The average Bonchev–Trinajstić information content (AvgIpc) is 2.47. The van der Waals surface area contributed by atoms with E-state index in [1.807, 2.05) is 0 Å². The van der Waals surface area contributed by atoms with Crippen LogP contribution in [-0.2, 0) is 19.6 Å². The normalized spacial score (nSPS) is 11.4. The first-order valence-corrected chi connectivity index (χ1v) is 8.16. The summed E-state index contributed by atoms with van der Waals surface area (Å²) in [4.78, 5) is 23.0. The average molecular weight is 336 g/mol. The van der Waals surface area contributed by atoms with Crippen molar-refractivity contribution in [1.29, 1.82) is 5.26 Å². The van der Waals surface area contributed by atoms with Crippen LogP contribution in [0.4, 0.5) is 5.69 Å². The molecule has 0 bridgehead atoms. The molecule has 0 spiro atoms. The summed E-state index contributed by atoms with van der Waals surface area (Å²) in [5, 5.41) is 18.7. The molecular formula is C14H16N4O4S. The first-order valence-electron chi connectivity index (χ1n) is 6.61. The highest BCUT2D eigenvalue weighted by molar-refractivity contribution is 7.89. The highest BCUT2D eigenvalue weighted by Gasteiger charge is 2.12. The lowest BCUT2D eigenvalue weighted by atomic mass is 10.2. The van der Waals surface area contributed by atoms with Crippen LogP contribution in [-0.4, -0.2) is 20.2 Å². The first-order chi connectivity index (χ1) is 10.8. The molecule has 0 atom stereocenters. The van der Waals surface area contributed by atoms with E-state index in [0.717, 1.165) is 6.20 Å². The van der Waals surface area contributed by atoms with Crippen molar-refractivity contribution < 1.29 is 18.0 Å². The van der Waals surface area contributed by atoms with Crippen LogP contribution in [0, 0.1) is 11.3 Å². The highest BCUT2D eigenvalue weighted by atomic mass is 32.2. The Bertz CT molecular complexity index is 761. The number of amides is 2. The number of nitrogens with one attached hydrogen (secondary N) is 2. The van der Waals surface area contributed by atoms with Crippen molar-refractivity contribution in [1.82, 2.24) is 5.32 Å². The number of nitrogens with zero attached hydrogens (tertiary/aromatic N) is 1. The number of sulfonamides is 1. The van der Waals surface area contributed by atoms with E-state index in [9.17, 15) is 18.0 Å². The quantitative estimate of drug-likeness (QED) is 0.513. The molecule has 0 saturated heterocycles. The predicted octanol–water partition coefficient (Wildman–Crippen LogP) is 0.596. The Morgan fingerprint density at radius 3 is 2.39 bits per heavy atom. The Morgan fingerprint density at radius 2 is 1.91 bits per heavy atom. The second-order valence-electron chi connectivity index (χ2n) is 4.51. The Kier molecular flexibility index (Phi) is 6.44. The number of imide groups is 1. The minimum atomic E-state index is -3.79. The number of carbonyl (C=O) groups is 2. The molecule has 0 saturated carbocycles. The van der Waals surface area contributed by atoms with E-state index in [0.29, 0.717) is 12.1 Å². The van der Waals surface area contributed by atoms with Crippen molar-refractivity contribution in [2.45, 2.75) is 24.7 Å². The van der Waals surface area contributed by atoms with E-state index in [-0.39, 0.29) is 16.9 Å². The highest BCUT2D eigenvalue weighted by Crippen LogP contribution is 2.13. The Morgan fingerprint density at radius 1 is 1.30 bits per heavy atom. The minimum absolute atomic E-state index is 0.0598. The smallest absolute Gasteiger partial charge is 0.269 e. The van der Waals surface area contributed by atoms with Gasteiger partial charge in [-0.3, -0.25) is 14.9 Å². The number of nitrogens with two attached hydrogens (primary N) is 1. The summed E-state index contributed by atoms with van der Waals surface area (Å²) in [6.07, 6.45) is 1.90. The van der Waals surface area contributed by atoms with E-state index in [1.54, 1.807) is 13.0 Å².